The highest BCUT2D eigenvalue weighted by molar-refractivity contribution is 6.17. The molecule has 0 radical (unpaired) electrons. The van der Waals surface area contributed by atoms with Crippen molar-refractivity contribution in [2.45, 2.75) is 38.6 Å². The van der Waals surface area contributed by atoms with E-state index in [1.54, 1.807) is 0 Å². The molecule has 0 aliphatic rings. The van der Waals surface area contributed by atoms with Crippen LogP contribution in [0.5, 0.6) is 0 Å². The third-order valence-corrected chi connectivity index (χ3v) is 3.32. The van der Waals surface area contributed by atoms with E-state index in [0.29, 0.717) is 11.8 Å². The van der Waals surface area contributed by atoms with Gasteiger partial charge in [0.1, 0.15) is 0 Å². The van der Waals surface area contributed by atoms with Crippen molar-refractivity contribution in [3.8, 4) is 0 Å². The van der Waals surface area contributed by atoms with Crippen molar-refractivity contribution in [2.24, 2.45) is 4.99 Å². The topological polar surface area (TPSA) is 12.4 Å². The first-order chi connectivity index (χ1) is 7.72. The van der Waals surface area contributed by atoms with E-state index in [9.17, 15) is 0 Å². The summed E-state index contributed by atoms with van der Waals surface area (Å²) < 4.78 is 0. The van der Waals surface area contributed by atoms with Crippen LogP contribution in [0.2, 0.25) is 0 Å². The Labute approximate surface area is 104 Å². The van der Waals surface area contributed by atoms with E-state index in [4.69, 9.17) is 11.6 Å². The minimum atomic E-state index is 0.142. The predicted molar refractivity (Wildman–Crippen MR) is 72.8 cm³/mol. The van der Waals surface area contributed by atoms with E-state index in [1.807, 2.05) is 0 Å². The molecule has 0 fully saturated rings. The van der Waals surface area contributed by atoms with Gasteiger partial charge in [-0.2, -0.15) is 0 Å². The van der Waals surface area contributed by atoms with E-state index in [2.05, 4.69) is 49.8 Å². The second-order valence-electron chi connectivity index (χ2n) is 4.15. The van der Waals surface area contributed by atoms with Crippen LogP contribution in [0.3, 0.4) is 0 Å². The maximum Gasteiger partial charge on any atom is 0.0753 e. The first-order valence-electron chi connectivity index (χ1n) is 5.84. The van der Waals surface area contributed by atoms with E-state index in [-0.39, 0.29) is 6.04 Å². The zero-order valence-corrected chi connectivity index (χ0v) is 10.9. The summed E-state index contributed by atoms with van der Waals surface area (Å²) in [4.78, 5) is 4.11. The molecule has 0 saturated carbocycles. The second-order valence-corrected chi connectivity index (χ2v) is 4.53. The third kappa shape index (κ3) is 3.34. The number of alkyl halides is 1. The fourth-order valence-electron chi connectivity index (χ4n) is 1.75. The molecule has 0 aromatic heterocycles. The Morgan fingerprint density at radius 1 is 1.25 bits per heavy atom. The lowest BCUT2D eigenvalue weighted by molar-refractivity contribution is 0.704. The molecule has 0 heterocycles. The maximum atomic E-state index is 5.74. The number of hydrogen-bond donors (Lipinski definition) is 0. The summed E-state index contributed by atoms with van der Waals surface area (Å²) in [5.74, 6) is 1.24. The van der Waals surface area contributed by atoms with Gasteiger partial charge in [0.2, 0.25) is 0 Å². The van der Waals surface area contributed by atoms with E-state index in [0.717, 1.165) is 6.42 Å². The van der Waals surface area contributed by atoms with Crippen LogP contribution in [0.4, 0.5) is 0 Å². The average molecular weight is 238 g/mol. The molecule has 2 unspecified atom stereocenters. The van der Waals surface area contributed by atoms with Gasteiger partial charge in [0, 0.05) is 5.88 Å². The van der Waals surface area contributed by atoms with Crippen molar-refractivity contribution in [2.75, 3.05) is 5.88 Å². The molecule has 0 spiro atoms. The molecule has 16 heavy (non-hydrogen) atoms. The van der Waals surface area contributed by atoms with Crippen LogP contribution in [0, 0.1) is 0 Å². The van der Waals surface area contributed by atoms with Crippen molar-refractivity contribution in [3.05, 3.63) is 35.4 Å². The number of nitrogens with zero attached hydrogens (tertiary/aromatic N) is 1. The van der Waals surface area contributed by atoms with Crippen LogP contribution in [0.25, 0.3) is 0 Å². The van der Waals surface area contributed by atoms with Crippen molar-refractivity contribution in [1.82, 2.24) is 0 Å². The Hall–Kier alpha value is -0.820. The summed E-state index contributed by atoms with van der Waals surface area (Å²) in [5, 5.41) is 0. The highest BCUT2D eigenvalue weighted by Crippen LogP contribution is 2.24. The van der Waals surface area contributed by atoms with Gasteiger partial charge in [0.15, 0.2) is 0 Å². The zero-order chi connectivity index (χ0) is 12.0. The van der Waals surface area contributed by atoms with Crippen LogP contribution >= 0.6 is 11.6 Å². The number of rotatable bonds is 6. The van der Waals surface area contributed by atoms with Gasteiger partial charge in [-0.15, -0.1) is 11.6 Å². The molecule has 1 nitrogen and oxygen atoms in total. The lowest BCUT2D eigenvalue weighted by Gasteiger charge is -2.13. The standard InChI is InChI=1S/C14H20ClN/c1-4-11(2)12-5-7-13(8-6-12)14(16-3)9-10-15/h5-8,11,14H,3-4,9-10H2,1-2H3. The van der Waals surface area contributed by atoms with Crippen LogP contribution in [-0.4, -0.2) is 12.6 Å². The summed E-state index contributed by atoms with van der Waals surface area (Å²) >= 11 is 5.74. The monoisotopic (exact) mass is 237 g/mol. The van der Waals surface area contributed by atoms with Gasteiger partial charge in [-0.05, 0) is 36.6 Å². The minimum absolute atomic E-state index is 0.142. The maximum absolute atomic E-state index is 5.74. The predicted octanol–water partition coefficient (Wildman–Crippen LogP) is 4.57. The van der Waals surface area contributed by atoms with E-state index < -0.39 is 0 Å². The van der Waals surface area contributed by atoms with Crippen LogP contribution in [0.15, 0.2) is 29.3 Å². The number of aliphatic imine (C=N–C) groups is 1. The highest BCUT2D eigenvalue weighted by Gasteiger charge is 2.09. The summed E-state index contributed by atoms with van der Waals surface area (Å²) in [7, 11) is 0. The molecule has 0 aliphatic carbocycles. The molecule has 1 rings (SSSR count). The van der Waals surface area contributed by atoms with E-state index >= 15 is 0 Å². The van der Waals surface area contributed by atoms with Gasteiger partial charge >= 0.3 is 0 Å². The minimum Gasteiger partial charge on any atom is -0.293 e. The van der Waals surface area contributed by atoms with Crippen molar-refractivity contribution < 1.29 is 0 Å². The quantitative estimate of drug-likeness (QED) is 0.508. The van der Waals surface area contributed by atoms with Gasteiger partial charge in [-0.1, -0.05) is 38.1 Å². The summed E-state index contributed by atoms with van der Waals surface area (Å²) in [6.45, 7) is 8.08. The molecule has 0 amide bonds. The Kier molecular flexibility index (Phi) is 5.54. The molecule has 1 aromatic rings. The van der Waals surface area contributed by atoms with Gasteiger partial charge in [0.25, 0.3) is 0 Å². The largest absolute Gasteiger partial charge is 0.293 e. The van der Waals surface area contributed by atoms with Gasteiger partial charge in [0.05, 0.1) is 6.04 Å². The highest BCUT2D eigenvalue weighted by atomic mass is 35.5. The lowest BCUT2D eigenvalue weighted by atomic mass is 9.95. The molecular formula is C14H20ClN. The number of halogens is 1. The molecule has 2 heteroatoms. The Morgan fingerprint density at radius 2 is 1.81 bits per heavy atom. The smallest absolute Gasteiger partial charge is 0.0753 e. The van der Waals surface area contributed by atoms with Gasteiger partial charge < -0.3 is 0 Å². The molecule has 0 bridgehead atoms. The second kappa shape index (κ2) is 6.70. The van der Waals surface area contributed by atoms with Crippen LogP contribution in [0.1, 0.15) is 49.8 Å². The van der Waals surface area contributed by atoms with E-state index in [1.165, 1.54) is 17.5 Å². The Balaban J connectivity index is 2.80. The Morgan fingerprint density at radius 3 is 2.25 bits per heavy atom. The Bertz CT molecular complexity index is 318. The lowest BCUT2D eigenvalue weighted by Crippen LogP contribution is -1.97. The average Bonchev–Trinajstić information content (AvgIpc) is 2.35. The fourth-order valence-corrected chi connectivity index (χ4v) is 1.96. The zero-order valence-electron chi connectivity index (χ0n) is 10.1. The molecule has 0 aliphatic heterocycles. The SMILES string of the molecule is C=NC(CCCl)c1ccc(C(C)CC)cc1. The summed E-state index contributed by atoms with van der Waals surface area (Å²) in [6, 6.07) is 8.82. The molecule has 2 atom stereocenters. The molecule has 1 aromatic carbocycles. The van der Waals surface area contributed by atoms with Crippen LogP contribution < -0.4 is 0 Å². The van der Waals surface area contributed by atoms with Crippen molar-refractivity contribution >= 4 is 18.3 Å². The molecular weight excluding hydrogens is 218 g/mol. The number of benzene rings is 1. The van der Waals surface area contributed by atoms with Crippen LogP contribution in [-0.2, 0) is 0 Å². The van der Waals surface area contributed by atoms with Gasteiger partial charge in [-0.25, -0.2) is 0 Å². The third-order valence-electron chi connectivity index (χ3n) is 3.11. The number of hydrogen-bond acceptors (Lipinski definition) is 1. The molecule has 0 N–H and O–H groups in total. The van der Waals surface area contributed by atoms with Crippen molar-refractivity contribution in [1.29, 1.82) is 0 Å². The first-order valence-corrected chi connectivity index (χ1v) is 6.38. The molecule has 88 valence electrons. The van der Waals surface area contributed by atoms with Crippen molar-refractivity contribution in [3.63, 3.8) is 0 Å². The fraction of sp³-hybridized carbons (Fsp3) is 0.500. The normalized spacial score (nSPS) is 14.4. The summed E-state index contributed by atoms with van der Waals surface area (Å²) in [6.07, 6.45) is 2.03. The summed E-state index contributed by atoms with van der Waals surface area (Å²) in [5.41, 5.74) is 2.60. The van der Waals surface area contributed by atoms with Gasteiger partial charge in [-0.3, -0.25) is 4.99 Å². The molecule has 0 saturated heterocycles. The first kappa shape index (κ1) is 13.2.